The van der Waals surface area contributed by atoms with Gasteiger partial charge in [0, 0.05) is 20.6 Å². The quantitative estimate of drug-likeness (QED) is 0.747. The fraction of sp³-hybridized carbons (Fsp3) is 0.538. The van der Waals surface area contributed by atoms with Crippen LogP contribution < -0.4 is 10.2 Å². The molecule has 0 fully saturated rings. The van der Waals surface area contributed by atoms with E-state index in [4.69, 9.17) is 0 Å². The lowest BCUT2D eigenvalue weighted by molar-refractivity contribution is 0.613. The lowest BCUT2D eigenvalue weighted by Crippen LogP contribution is -2.15. The van der Waals surface area contributed by atoms with Crippen molar-refractivity contribution < 1.29 is 4.39 Å². The zero-order valence-corrected chi connectivity index (χ0v) is 10.4. The number of benzene rings is 1. The minimum Gasteiger partial charge on any atom is -0.375 e. The van der Waals surface area contributed by atoms with Crippen LogP contribution in [0.4, 0.5) is 10.1 Å². The summed E-state index contributed by atoms with van der Waals surface area (Å²) in [5.74, 6) is -0.153. The van der Waals surface area contributed by atoms with Gasteiger partial charge in [-0.1, -0.05) is 19.4 Å². The fourth-order valence-corrected chi connectivity index (χ4v) is 1.56. The van der Waals surface area contributed by atoms with E-state index in [0.29, 0.717) is 5.69 Å². The molecule has 1 aromatic rings. The van der Waals surface area contributed by atoms with Crippen LogP contribution in [0.15, 0.2) is 18.2 Å². The van der Waals surface area contributed by atoms with Crippen molar-refractivity contribution in [3.8, 4) is 0 Å². The van der Waals surface area contributed by atoms with Crippen molar-refractivity contribution >= 4 is 5.69 Å². The van der Waals surface area contributed by atoms with Crippen LogP contribution in [0.2, 0.25) is 0 Å². The molecular formula is C13H21FN2. The van der Waals surface area contributed by atoms with Gasteiger partial charge in [-0.3, -0.25) is 0 Å². The van der Waals surface area contributed by atoms with Crippen LogP contribution in [0.1, 0.15) is 25.3 Å². The Morgan fingerprint density at radius 1 is 1.31 bits per heavy atom. The van der Waals surface area contributed by atoms with Crippen molar-refractivity contribution in [2.75, 3.05) is 25.5 Å². The first-order chi connectivity index (χ1) is 7.65. The zero-order chi connectivity index (χ0) is 12.0. The molecule has 3 heteroatoms. The van der Waals surface area contributed by atoms with E-state index in [9.17, 15) is 4.39 Å². The van der Waals surface area contributed by atoms with Gasteiger partial charge in [-0.25, -0.2) is 4.39 Å². The first kappa shape index (κ1) is 13.0. The van der Waals surface area contributed by atoms with Gasteiger partial charge in [0.1, 0.15) is 5.82 Å². The summed E-state index contributed by atoms with van der Waals surface area (Å²) in [4.78, 5) is 1.78. The second kappa shape index (κ2) is 6.48. The molecule has 2 nitrogen and oxygen atoms in total. The number of halogens is 1. The largest absolute Gasteiger partial charge is 0.375 e. The third-order valence-electron chi connectivity index (χ3n) is 2.53. The maximum absolute atomic E-state index is 13.6. The standard InChI is InChI=1S/C13H21FN2/c1-4-5-8-15-10-11-6-7-13(16(2)3)12(14)9-11/h6-7,9,15H,4-5,8,10H2,1-3H3. The molecule has 16 heavy (non-hydrogen) atoms. The predicted octanol–water partition coefficient (Wildman–Crippen LogP) is 2.78. The molecule has 1 aromatic carbocycles. The Hall–Kier alpha value is -1.09. The van der Waals surface area contributed by atoms with Crippen LogP contribution in [0.3, 0.4) is 0 Å². The molecule has 0 heterocycles. The summed E-state index contributed by atoms with van der Waals surface area (Å²) in [6.07, 6.45) is 2.35. The normalized spacial score (nSPS) is 10.5. The third-order valence-corrected chi connectivity index (χ3v) is 2.53. The Kier molecular flexibility index (Phi) is 5.26. The van der Waals surface area contributed by atoms with Crippen LogP contribution in [0.5, 0.6) is 0 Å². The Morgan fingerprint density at radius 3 is 2.62 bits per heavy atom. The molecule has 0 bridgehead atoms. The summed E-state index contributed by atoms with van der Waals surface area (Å²) in [5, 5.41) is 3.30. The van der Waals surface area contributed by atoms with Crippen LogP contribution >= 0.6 is 0 Å². The lowest BCUT2D eigenvalue weighted by atomic mass is 10.2. The molecule has 0 aliphatic carbocycles. The van der Waals surface area contributed by atoms with Gasteiger partial charge in [-0.15, -0.1) is 0 Å². The Labute approximate surface area is 97.5 Å². The maximum atomic E-state index is 13.6. The van der Waals surface area contributed by atoms with Crippen molar-refractivity contribution in [2.24, 2.45) is 0 Å². The molecule has 90 valence electrons. The van der Waals surface area contributed by atoms with E-state index in [1.54, 1.807) is 11.0 Å². The van der Waals surface area contributed by atoms with E-state index in [2.05, 4.69) is 12.2 Å². The number of unbranched alkanes of at least 4 members (excludes halogenated alkanes) is 1. The molecule has 1 rings (SSSR count). The smallest absolute Gasteiger partial charge is 0.146 e. The van der Waals surface area contributed by atoms with Crippen LogP contribution in [-0.2, 0) is 6.54 Å². The third kappa shape index (κ3) is 3.81. The maximum Gasteiger partial charge on any atom is 0.146 e. The number of nitrogens with zero attached hydrogens (tertiary/aromatic N) is 1. The van der Waals surface area contributed by atoms with Gasteiger partial charge in [0.15, 0.2) is 0 Å². The summed E-state index contributed by atoms with van der Waals surface area (Å²) in [7, 11) is 3.69. The van der Waals surface area contributed by atoms with E-state index >= 15 is 0 Å². The lowest BCUT2D eigenvalue weighted by Gasteiger charge is -2.14. The second-order valence-electron chi connectivity index (χ2n) is 4.21. The molecule has 0 spiro atoms. The van der Waals surface area contributed by atoms with E-state index in [0.717, 1.165) is 25.1 Å². The molecule has 0 saturated heterocycles. The number of rotatable bonds is 6. The summed E-state index contributed by atoms with van der Waals surface area (Å²) >= 11 is 0. The summed E-state index contributed by atoms with van der Waals surface area (Å²) in [5.41, 5.74) is 1.64. The average Bonchev–Trinajstić information content (AvgIpc) is 2.24. The van der Waals surface area contributed by atoms with Crippen molar-refractivity contribution in [1.29, 1.82) is 0 Å². The van der Waals surface area contributed by atoms with Gasteiger partial charge in [-0.05, 0) is 30.7 Å². The number of nitrogens with one attached hydrogen (secondary N) is 1. The predicted molar refractivity (Wildman–Crippen MR) is 67.3 cm³/mol. The highest BCUT2D eigenvalue weighted by Gasteiger charge is 2.04. The molecule has 1 N–H and O–H groups in total. The number of hydrogen-bond donors (Lipinski definition) is 1. The highest BCUT2D eigenvalue weighted by atomic mass is 19.1. The molecule has 0 amide bonds. The Bertz CT molecular complexity index is 324. The molecular weight excluding hydrogens is 203 g/mol. The van der Waals surface area contributed by atoms with Crippen LogP contribution in [0, 0.1) is 5.82 Å². The second-order valence-corrected chi connectivity index (χ2v) is 4.21. The summed E-state index contributed by atoms with van der Waals surface area (Å²) in [6.45, 7) is 3.89. The summed E-state index contributed by atoms with van der Waals surface area (Å²) < 4.78 is 13.6. The van der Waals surface area contributed by atoms with Gasteiger partial charge in [0.05, 0.1) is 5.69 Å². The minimum atomic E-state index is -0.153. The molecule has 0 unspecified atom stereocenters. The summed E-state index contributed by atoms with van der Waals surface area (Å²) in [6, 6.07) is 5.40. The van der Waals surface area contributed by atoms with Crippen molar-refractivity contribution in [3.05, 3.63) is 29.6 Å². The molecule has 0 aliphatic heterocycles. The Balaban J connectivity index is 2.53. The minimum absolute atomic E-state index is 0.153. The van der Waals surface area contributed by atoms with Crippen molar-refractivity contribution in [3.63, 3.8) is 0 Å². The molecule has 0 aromatic heterocycles. The van der Waals surface area contributed by atoms with Gasteiger partial charge < -0.3 is 10.2 Å². The highest BCUT2D eigenvalue weighted by molar-refractivity contribution is 5.47. The Morgan fingerprint density at radius 2 is 2.06 bits per heavy atom. The first-order valence-corrected chi connectivity index (χ1v) is 5.81. The van der Waals surface area contributed by atoms with E-state index in [1.165, 1.54) is 6.42 Å². The molecule has 0 saturated carbocycles. The molecule has 0 atom stereocenters. The zero-order valence-electron chi connectivity index (χ0n) is 10.4. The number of anilines is 1. The molecule has 0 radical (unpaired) electrons. The number of hydrogen-bond acceptors (Lipinski definition) is 2. The average molecular weight is 224 g/mol. The van der Waals surface area contributed by atoms with E-state index < -0.39 is 0 Å². The van der Waals surface area contributed by atoms with E-state index in [-0.39, 0.29) is 5.82 Å². The van der Waals surface area contributed by atoms with Crippen molar-refractivity contribution in [2.45, 2.75) is 26.3 Å². The van der Waals surface area contributed by atoms with Gasteiger partial charge in [0.2, 0.25) is 0 Å². The molecule has 0 aliphatic rings. The van der Waals surface area contributed by atoms with Gasteiger partial charge in [0.25, 0.3) is 0 Å². The highest BCUT2D eigenvalue weighted by Crippen LogP contribution is 2.18. The monoisotopic (exact) mass is 224 g/mol. The SMILES string of the molecule is CCCCNCc1ccc(N(C)C)c(F)c1. The van der Waals surface area contributed by atoms with Gasteiger partial charge >= 0.3 is 0 Å². The first-order valence-electron chi connectivity index (χ1n) is 5.81. The van der Waals surface area contributed by atoms with Gasteiger partial charge in [-0.2, -0.15) is 0 Å². The van der Waals surface area contributed by atoms with Crippen LogP contribution in [0.25, 0.3) is 0 Å². The van der Waals surface area contributed by atoms with E-state index in [1.807, 2.05) is 26.2 Å². The van der Waals surface area contributed by atoms with Crippen LogP contribution in [-0.4, -0.2) is 20.6 Å². The fourth-order valence-electron chi connectivity index (χ4n) is 1.56. The van der Waals surface area contributed by atoms with Crippen molar-refractivity contribution in [1.82, 2.24) is 5.32 Å². The topological polar surface area (TPSA) is 15.3 Å².